The molecule has 2 unspecified atom stereocenters. The molecule has 0 aromatic rings. The second kappa shape index (κ2) is 4.51. The Kier molecular flexibility index (Phi) is 3.33. The van der Waals surface area contributed by atoms with Crippen LogP contribution in [0.5, 0.6) is 0 Å². The molecule has 6 heteroatoms. The molecule has 1 fully saturated rings. The van der Waals surface area contributed by atoms with Gasteiger partial charge in [0.2, 0.25) is 5.91 Å². The van der Waals surface area contributed by atoms with Crippen LogP contribution in [0.1, 0.15) is 0 Å². The lowest BCUT2D eigenvalue weighted by molar-refractivity contribution is -0.128. The monoisotopic (exact) mass is 210 g/mol. The number of carbonyl (C=O) groups excluding carboxylic acids is 1. The van der Waals surface area contributed by atoms with Crippen molar-refractivity contribution in [3.05, 3.63) is 45.8 Å². The summed E-state index contributed by atoms with van der Waals surface area (Å²) in [4.78, 5) is 22.3. The van der Waals surface area contributed by atoms with E-state index in [1.165, 1.54) is 11.9 Å². The van der Waals surface area contributed by atoms with E-state index in [1.807, 2.05) is 0 Å². The van der Waals surface area contributed by atoms with Crippen molar-refractivity contribution in [1.82, 2.24) is 4.90 Å². The van der Waals surface area contributed by atoms with Crippen LogP contribution in [0.25, 0.3) is 14.5 Å². The number of hydrogen-bond donors (Lipinski definition) is 0. The number of likely N-dealkylation sites (tertiary alicyclic amines) is 1. The molecule has 0 aliphatic carbocycles. The Bertz CT molecular complexity index is 461. The molecule has 1 heterocycles. The van der Waals surface area contributed by atoms with Gasteiger partial charge in [-0.3, -0.25) is 4.79 Å². The largest absolute Gasteiger partial charge is 0.547 e. The maximum absolute atomic E-state index is 11.7. The number of rotatable bonds is 1. The molecule has 0 spiro atoms. The summed E-state index contributed by atoms with van der Waals surface area (Å²) in [5, 5.41) is 0. The molecule has 16 heavy (non-hydrogen) atoms. The number of carbonyl (C=O) groups is 1. The van der Waals surface area contributed by atoms with Gasteiger partial charge in [0, 0.05) is 7.05 Å². The Morgan fingerprint density at radius 2 is 2.00 bits per heavy atom. The van der Waals surface area contributed by atoms with Crippen molar-refractivity contribution in [3.63, 3.8) is 0 Å². The maximum Gasteiger partial charge on any atom is 0.547 e. The molecule has 76 valence electrons. The van der Waals surface area contributed by atoms with Crippen molar-refractivity contribution in [2.24, 2.45) is 5.92 Å². The summed E-state index contributed by atoms with van der Waals surface area (Å²) in [6, 6.07) is -0.805. The molecular weight excluding hydrogens is 203 g/mol. The third-order valence-corrected chi connectivity index (χ3v) is 2.50. The lowest BCUT2D eigenvalue weighted by Gasteiger charge is -2.06. The third kappa shape index (κ3) is 1.53. The summed E-state index contributed by atoms with van der Waals surface area (Å²) >= 11 is 0. The van der Waals surface area contributed by atoms with Crippen LogP contribution in [0, 0.1) is 25.6 Å². The molecule has 2 atom stereocenters. The van der Waals surface area contributed by atoms with Gasteiger partial charge < -0.3 is 9.74 Å². The molecule has 1 rings (SSSR count). The quantitative estimate of drug-likeness (QED) is 0.468. The average Bonchev–Trinajstić information content (AvgIpc) is 2.54. The van der Waals surface area contributed by atoms with E-state index >= 15 is 0 Å². The zero-order chi connectivity index (χ0) is 12.3. The molecule has 0 N–H and O–H groups in total. The van der Waals surface area contributed by atoms with Crippen LogP contribution in [-0.2, 0) is 4.79 Å². The zero-order valence-corrected chi connectivity index (χ0v) is 8.64. The zero-order valence-electron chi connectivity index (χ0n) is 8.64. The number of likely N-dealkylation sites (N-methyl/N-ethyl adjacent to an activating group) is 1. The molecule has 1 amide bonds. The van der Waals surface area contributed by atoms with Crippen molar-refractivity contribution in [2.75, 3.05) is 7.05 Å². The van der Waals surface area contributed by atoms with Crippen molar-refractivity contribution in [2.45, 2.75) is 12.4 Å². The van der Waals surface area contributed by atoms with Crippen LogP contribution in [0.15, 0.2) is 11.5 Å². The predicted molar refractivity (Wildman–Crippen MR) is 57.4 cm³/mol. The molecule has 1 saturated heterocycles. The van der Waals surface area contributed by atoms with Gasteiger partial charge in [-0.2, -0.15) is 9.69 Å². The highest BCUT2D eigenvalue weighted by atomic mass is 16.2. The van der Waals surface area contributed by atoms with Gasteiger partial charge in [0.15, 0.2) is 5.70 Å². The van der Waals surface area contributed by atoms with Crippen molar-refractivity contribution < 1.29 is 4.79 Å². The molecule has 0 bridgehead atoms. The number of hydrogen-bond acceptors (Lipinski definition) is 1. The minimum Gasteiger partial charge on any atom is -0.315 e. The lowest BCUT2D eigenvalue weighted by atomic mass is 9.87. The molecule has 0 saturated carbocycles. The predicted octanol–water partition coefficient (Wildman–Crippen LogP) is 0.957. The van der Waals surface area contributed by atoms with Gasteiger partial charge in [0.1, 0.15) is 19.1 Å². The Balaban J connectivity index is 3.39. The topological polar surface area (TPSA) is 33.4 Å². The molecule has 0 aromatic carbocycles. The molecule has 2 radical (unpaired) electrons. The fourth-order valence-electron chi connectivity index (χ4n) is 1.69. The van der Waals surface area contributed by atoms with Gasteiger partial charge >= 0.3 is 5.82 Å². The van der Waals surface area contributed by atoms with Gasteiger partial charge in [0.05, 0.1) is 7.85 Å². The second-order valence-electron chi connectivity index (χ2n) is 3.25. The first kappa shape index (κ1) is 11.8. The van der Waals surface area contributed by atoms with E-state index in [-0.39, 0.29) is 23.7 Å². The van der Waals surface area contributed by atoms with Crippen LogP contribution < -0.4 is 0 Å². The van der Waals surface area contributed by atoms with Crippen LogP contribution in [0.3, 0.4) is 0 Å². The SMILES string of the molecule is [B]CC1C(=O)N(C)C(=C([N+]#[C-])[N+]#[C-])C1[N+]#[C-]. The van der Waals surface area contributed by atoms with Crippen LogP contribution >= 0.6 is 0 Å². The highest BCUT2D eigenvalue weighted by Gasteiger charge is 2.50. The summed E-state index contributed by atoms with van der Waals surface area (Å²) in [5.74, 6) is -1.17. The van der Waals surface area contributed by atoms with Gasteiger partial charge in [-0.25, -0.2) is 6.57 Å². The van der Waals surface area contributed by atoms with E-state index in [4.69, 9.17) is 27.6 Å². The minimum atomic E-state index is -0.805. The first-order valence-corrected chi connectivity index (χ1v) is 4.45. The van der Waals surface area contributed by atoms with E-state index in [0.717, 1.165) is 0 Å². The van der Waals surface area contributed by atoms with E-state index in [1.54, 1.807) is 0 Å². The maximum atomic E-state index is 11.7. The van der Waals surface area contributed by atoms with Gasteiger partial charge in [-0.15, -0.1) is 0 Å². The Morgan fingerprint density at radius 3 is 2.38 bits per heavy atom. The third-order valence-electron chi connectivity index (χ3n) is 2.50. The second-order valence-corrected chi connectivity index (χ2v) is 3.25. The highest BCUT2D eigenvalue weighted by Crippen LogP contribution is 2.34. The molecule has 5 nitrogen and oxygen atoms in total. The van der Waals surface area contributed by atoms with Crippen LogP contribution in [-0.4, -0.2) is 31.7 Å². The molecule has 1 aliphatic heterocycles. The summed E-state index contributed by atoms with van der Waals surface area (Å²) in [7, 11) is 6.89. The van der Waals surface area contributed by atoms with Crippen LogP contribution in [0.2, 0.25) is 6.32 Å². The standard InChI is InChI=1S/C10H7BN4O/c1-12-7-6(5-11)10(16)15(4)8(7)9(13-2)14-3/h6-7H,5H2,4H3. The lowest BCUT2D eigenvalue weighted by Crippen LogP contribution is -2.22. The summed E-state index contributed by atoms with van der Waals surface area (Å²) < 4.78 is 0. The summed E-state index contributed by atoms with van der Waals surface area (Å²) in [5.41, 5.74) is 0.181. The Hall–Kier alpha value is -2.26. The number of amides is 1. The highest BCUT2D eigenvalue weighted by molar-refractivity contribution is 6.11. The Morgan fingerprint density at radius 1 is 1.44 bits per heavy atom. The van der Waals surface area contributed by atoms with Crippen molar-refractivity contribution in [1.29, 1.82) is 0 Å². The van der Waals surface area contributed by atoms with E-state index < -0.39 is 12.0 Å². The van der Waals surface area contributed by atoms with E-state index in [9.17, 15) is 4.79 Å². The molecule has 1 aliphatic rings. The fourth-order valence-corrected chi connectivity index (χ4v) is 1.69. The smallest absolute Gasteiger partial charge is 0.315 e. The summed E-state index contributed by atoms with van der Waals surface area (Å²) in [6.45, 7) is 20.7. The Labute approximate surface area is 95.2 Å². The van der Waals surface area contributed by atoms with Gasteiger partial charge in [-0.1, -0.05) is 6.32 Å². The fraction of sp³-hybridized carbons (Fsp3) is 0.400. The number of nitrogens with zero attached hydrogens (tertiary/aromatic N) is 4. The van der Waals surface area contributed by atoms with E-state index in [2.05, 4.69) is 14.5 Å². The van der Waals surface area contributed by atoms with Gasteiger partial charge in [-0.05, 0) is 0 Å². The van der Waals surface area contributed by atoms with Gasteiger partial charge in [0.25, 0.3) is 6.04 Å². The van der Waals surface area contributed by atoms with Crippen molar-refractivity contribution in [3.8, 4) is 0 Å². The summed E-state index contributed by atoms with van der Waals surface area (Å²) in [6.07, 6.45) is 0.0446. The van der Waals surface area contributed by atoms with E-state index in [0.29, 0.717) is 0 Å². The van der Waals surface area contributed by atoms with Crippen molar-refractivity contribution >= 4 is 13.8 Å². The minimum absolute atomic E-state index is 0.0446. The molecule has 0 aromatic heterocycles. The van der Waals surface area contributed by atoms with Crippen LogP contribution in [0.4, 0.5) is 0 Å². The average molecular weight is 210 g/mol. The first-order chi connectivity index (χ1) is 7.62. The first-order valence-electron chi connectivity index (χ1n) is 4.45. The molecular formula is C10H7BN4O. The normalized spacial score (nSPS) is 23.5.